The number of aliphatic hydroxyl groups is 1. The molecule has 1 atom stereocenters. The van der Waals surface area contributed by atoms with E-state index in [4.69, 9.17) is 0 Å². The van der Waals surface area contributed by atoms with Crippen LogP contribution in [-0.4, -0.2) is 18.2 Å². The molecule has 2 N–H and O–H groups in total. The van der Waals surface area contributed by atoms with E-state index in [-0.39, 0.29) is 12.1 Å². The van der Waals surface area contributed by atoms with Crippen LogP contribution in [-0.2, 0) is 0 Å². The lowest BCUT2D eigenvalue weighted by atomic mass is 9.83. The number of rotatable bonds is 6. The molecule has 0 saturated heterocycles. The first-order valence-electron chi connectivity index (χ1n) is 6.50. The quantitative estimate of drug-likeness (QED) is 0.766. The van der Waals surface area contributed by atoms with Crippen molar-refractivity contribution in [2.24, 2.45) is 5.92 Å². The van der Waals surface area contributed by atoms with Gasteiger partial charge >= 0.3 is 0 Å². The van der Waals surface area contributed by atoms with Gasteiger partial charge in [-0.1, -0.05) is 19.3 Å². The van der Waals surface area contributed by atoms with E-state index in [0.29, 0.717) is 0 Å². The zero-order valence-corrected chi connectivity index (χ0v) is 10.3. The lowest BCUT2D eigenvalue weighted by Gasteiger charge is -2.25. The molecule has 0 heterocycles. The smallest absolute Gasteiger partial charge is 0.129 e. The molecule has 0 spiro atoms. The second-order valence-corrected chi connectivity index (χ2v) is 4.97. The fourth-order valence-corrected chi connectivity index (χ4v) is 2.21. The van der Waals surface area contributed by atoms with E-state index in [2.05, 4.69) is 5.32 Å². The van der Waals surface area contributed by atoms with Crippen LogP contribution in [0.1, 0.15) is 37.4 Å². The van der Waals surface area contributed by atoms with Crippen molar-refractivity contribution in [1.29, 1.82) is 0 Å². The summed E-state index contributed by atoms with van der Waals surface area (Å²) in [5.41, 5.74) is 0.0196. The average Bonchev–Trinajstić information content (AvgIpc) is 2.29. The van der Waals surface area contributed by atoms with E-state index in [9.17, 15) is 13.9 Å². The summed E-state index contributed by atoms with van der Waals surface area (Å²) < 4.78 is 26.3. The number of aliphatic hydroxyl groups excluding tert-OH is 1. The van der Waals surface area contributed by atoms with Crippen LogP contribution in [0.5, 0.6) is 0 Å². The normalized spacial score (nSPS) is 17.5. The second-order valence-electron chi connectivity index (χ2n) is 4.97. The Morgan fingerprint density at radius 2 is 2.11 bits per heavy atom. The van der Waals surface area contributed by atoms with Crippen LogP contribution in [0.15, 0.2) is 18.2 Å². The molecular formula is C14H19F2NO. The number of benzene rings is 1. The first-order chi connectivity index (χ1) is 8.66. The van der Waals surface area contributed by atoms with Crippen LogP contribution in [0.2, 0.25) is 0 Å². The summed E-state index contributed by atoms with van der Waals surface area (Å²) in [7, 11) is 0. The standard InChI is InChI=1S/C14H19F2NO/c15-11-4-5-13(16)12(8-11)14(18)9-17-7-6-10-2-1-3-10/h4-5,8,10,14,17-18H,1-3,6-7,9H2. The van der Waals surface area contributed by atoms with Crippen LogP contribution in [0.3, 0.4) is 0 Å². The third-order valence-corrected chi connectivity index (χ3v) is 3.61. The van der Waals surface area contributed by atoms with Crippen molar-refractivity contribution in [3.05, 3.63) is 35.4 Å². The molecule has 4 heteroatoms. The number of halogens is 2. The third kappa shape index (κ3) is 3.50. The molecular weight excluding hydrogens is 236 g/mol. The molecule has 0 amide bonds. The zero-order chi connectivity index (χ0) is 13.0. The minimum atomic E-state index is -0.998. The highest BCUT2D eigenvalue weighted by Crippen LogP contribution is 2.28. The maximum absolute atomic E-state index is 13.4. The number of hydrogen-bond donors (Lipinski definition) is 2. The average molecular weight is 255 g/mol. The minimum Gasteiger partial charge on any atom is -0.387 e. The van der Waals surface area contributed by atoms with Crippen molar-refractivity contribution < 1.29 is 13.9 Å². The summed E-state index contributed by atoms with van der Waals surface area (Å²) in [4.78, 5) is 0. The summed E-state index contributed by atoms with van der Waals surface area (Å²) in [6, 6.07) is 3.14. The molecule has 0 aliphatic heterocycles. The fraction of sp³-hybridized carbons (Fsp3) is 0.571. The maximum Gasteiger partial charge on any atom is 0.129 e. The molecule has 0 aromatic heterocycles. The van der Waals surface area contributed by atoms with Gasteiger partial charge in [-0.25, -0.2) is 8.78 Å². The Labute approximate surface area is 106 Å². The molecule has 0 bridgehead atoms. The Balaban J connectivity index is 1.75. The van der Waals surface area contributed by atoms with Gasteiger partial charge in [-0.2, -0.15) is 0 Å². The van der Waals surface area contributed by atoms with Gasteiger partial charge in [0.05, 0.1) is 6.10 Å². The van der Waals surface area contributed by atoms with E-state index in [1.165, 1.54) is 19.3 Å². The number of nitrogens with one attached hydrogen (secondary N) is 1. The Morgan fingerprint density at radius 1 is 1.33 bits per heavy atom. The summed E-state index contributed by atoms with van der Waals surface area (Å²) in [5, 5.41) is 12.9. The van der Waals surface area contributed by atoms with E-state index in [1.807, 2.05) is 0 Å². The van der Waals surface area contributed by atoms with E-state index < -0.39 is 17.7 Å². The molecule has 1 aromatic carbocycles. The predicted molar refractivity (Wildman–Crippen MR) is 66.1 cm³/mol. The summed E-state index contributed by atoms with van der Waals surface area (Å²) >= 11 is 0. The van der Waals surface area contributed by atoms with Crippen molar-refractivity contribution in [3.63, 3.8) is 0 Å². The summed E-state index contributed by atoms with van der Waals surface area (Å²) in [5.74, 6) is -0.287. The summed E-state index contributed by atoms with van der Waals surface area (Å²) in [6.45, 7) is 1.08. The molecule has 2 rings (SSSR count). The van der Waals surface area contributed by atoms with Gasteiger partial charge < -0.3 is 10.4 Å². The van der Waals surface area contributed by atoms with Gasteiger partial charge in [-0.15, -0.1) is 0 Å². The van der Waals surface area contributed by atoms with Gasteiger partial charge in [0.25, 0.3) is 0 Å². The highest BCUT2D eigenvalue weighted by molar-refractivity contribution is 5.21. The Bertz CT molecular complexity index is 393. The van der Waals surface area contributed by atoms with Gasteiger partial charge in [-0.3, -0.25) is 0 Å². The highest BCUT2D eigenvalue weighted by atomic mass is 19.1. The predicted octanol–water partition coefficient (Wildman–Crippen LogP) is 2.78. The molecule has 18 heavy (non-hydrogen) atoms. The Kier molecular flexibility index (Phi) is 4.66. The summed E-state index contributed by atoms with van der Waals surface area (Å²) in [6.07, 6.45) is 4.01. The first kappa shape index (κ1) is 13.4. The molecule has 1 aliphatic carbocycles. The molecule has 1 aliphatic rings. The lowest BCUT2D eigenvalue weighted by molar-refractivity contribution is 0.167. The molecule has 1 unspecified atom stereocenters. The van der Waals surface area contributed by atoms with Crippen LogP contribution in [0, 0.1) is 17.6 Å². The molecule has 1 fully saturated rings. The van der Waals surface area contributed by atoms with Gasteiger partial charge in [0.1, 0.15) is 11.6 Å². The van der Waals surface area contributed by atoms with Crippen molar-refractivity contribution >= 4 is 0 Å². The SMILES string of the molecule is OC(CNCCC1CCC1)c1cc(F)ccc1F. The van der Waals surface area contributed by atoms with Gasteiger partial charge in [0.2, 0.25) is 0 Å². The van der Waals surface area contributed by atoms with Gasteiger partial charge in [0, 0.05) is 12.1 Å². The highest BCUT2D eigenvalue weighted by Gasteiger charge is 2.17. The largest absolute Gasteiger partial charge is 0.387 e. The van der Waals surface area contributed by atoms with Crippen LogP contribution >= 0.6 is 0 Å². The molecule has 1 saturated carbocycles. The molecule has 0 radical (unpaired) electrons. The number of hydrogen-bond acceptors (Lipinski definition) is 2. The fourth-order valence-electron chi connectivity index (χ4n) is 2.21. The first-order valence-corrected chi connectivity index (χ1v) is 6.50. The minimum absolute atomic E-state index is 0.0196. The monoisotopic (exact) mass is 255 g/mol. The van der Waals surface area contributed by atoms with E-state index in [1.54, 1.807) is 0 Å². The molecule has 2 nitrogen and oxygen atoms in total. The van der Waals surface area contributed by atoms with Crippen molar-refractivity contribution in [3.8, 4) is 0 Å². The van der Waals surface area contributed by atoms with Crippen molar-refractivity contribution in [2.75, 3.05) is 13.1 Å². The van der Waals surface area contributed by atoms with E-state index in [0.717, 1.165) is 37.1 Å². The topological polar surface area (TPSA) is 32.3 Å². The van der Waals surface area contributed by atoms with E-state index >= 15 is 0 Å². The van der Waals surface area contributed by atoms with Crippen LogP contribution < -0.4 is 5.32 Å². The second kappa shape index (κ2) is 6.25. The lowest BCUT2D eigenvalue weighted by Crippen LogP contribution is -2.26. The van der Waals surface area contributed by atoms with Crippen LogP contribution in [0.4, 0.5) is 8.78 Å². The van der Waals surface area contributed by atoms with Crippen LogP contribution in [0.25, 0.3) is 0 Å². The van der Waals surface area contributed by atoms with Gasteiger partial charge in [0.15, 0.2) is 0 Å². The Morgan fingerprint density at radius 3 is 2.78 bits per heavy atom. The van der Waals surface area contributed by atoms with Crippen molar-refractivity contribution in [2.45, 2.75) is 31.8 Å². The Hall–Kier alpha value is -1.00. The van der Waals surface area contributed by atoms with Gasteiger partial charge in [-0.05, 0) is 37.1 Å². The third-order valence-electron chi connectivity index (χ3n) is 3.61. The maximum atomic E-state index is 13.4. The molecule has 1 aromatic rings. The molecule has 100 valence electrons. The zero-order valence-electron chi connectivity index (χ0n) is 10.3. The van der Waals surface area contributed by atoms with Crippen molar-refractivity contribution in [1.82, 2.24) is 5.32 Å².